The van der Waals surface area contributed by atoms with Gasteiger partial charge in [0.2, 0.25) is 0 Å². The normalized spacial score (nSPS) is 29.9. The first-order valence-electron chi connectivity index (χ1n) is 6.22. The third-order valence-electron chi connectivity index (χ3n) is 3.95. The maximum Gasteiger partial charge on any atom is 0.307 e. The van der Waals surface area contributed by atoms with Gasteiger partial charge in [0.25, 0.3) is 0 Å². The summed E-state index contributed by atoms with van der Waals surface area (Å²) >= 11 is 0. The Morgan fingerprint density at radius 2 is 2.24 bits per heavy atom. The van der Waals surface area contributed by atoms with E-state index in [0.717, 1.165) is 19.4 Å². The van der Waals surface area contributed by atoms with Crippen LogP contribution >= 0.6 is 0 Å². The summed E-state index contributed by atoms with van der Waals surface area (Å²) in [5, 5.41) is 9.06. The second kappa shape index (κ2) is 6.33. The Morgan fingerprint density at radius 3 is 2.71 bits per heavy atom. The number of rotatable bonds is 5. The maximum absolute atomic E-state index is 11.0. The zero-order chi connectivity index (χ0) is 13.0. The third-order valence-corrected chi connectivity index (χ3v) is 3.95. The van der Waals surface area contributed by atoms with Crippen molar-refractivity contribution in [3.8, 4) is 0 Å². The molecule has 1 fully saturated rings. The molecule has 100 valence electrons. The monoisotopic (exact) mass is 244 g/mol. The van der Waals surface area contributed by atoms with E-state index in [0.29, 0.717) is 6.54 Å². The van der Waals surface area contributed by atoms with Crippen LogP contribution in [0.25, 0.3) is 0 Å². The van der Waals surface area contributed by atoms with Crippen LogP contribution in [0.3, 0.4) is 0 Å². The third kappa shape index (κ3) is 3.40. The van der Waals surface area contributed by atoms with Crippen molar-refractivity contribution in [1.82, 2.24) is 4.90 Å². The second-order valence-electron chi connectivity index (χ2n) is 4.88. The second-order valence-corrected chi connectivity index (χ2v) is 4.88. The fourth-order valence-electron chi connectivity index (χ4n) is 2.51. The predicted octanol–water partition coefficient (Wildman–Crippen LogP) is 0.534. The van der Waals surface area contributed by atoms with Crippen LogP contribution < -0.4 is 5.73 Å². The summed E-state index contributed by atoms with van der Waals surface area (Å²) < 4.78 is 5.36. The lowest BCUT2D eigenvalue weighted by Gasteiger charge is -2.43. The molecule has 0 amide bonds. The molecule has 5 heteroatoms. The van der Waals surface area contributed by atoms with Gasteiger partial charge in [0, 0.05) is 32.3 Å². The highest BCUT2D eigenvalue weighted by molar-refractivity contribution is 5.70. The topological polar surface area (TPSA) is 75.8 Å². The molecule has 4 unspecified atom stereocenters. The van der Waals surface area contributed by atoms with Gasteiger partial charge in [-0.15, -0.1) is 0 Å². The van der Waals surface area contributed by atoms with Gasteiger partial charge in [-0.1, -0.05) is 6.92 Å². The zero-order valence-electron chi connectivity index (χ0n) is 10.9. The number of hydrogen-bond donors (Lipinski definition) is 2. The van der Waals surface area contributed by atoms with Gasteiger partial charge in [-0.25, -0.2) is 0 Å². The molecule has 0 aromatic rings. The van der Waals surface area contributed by atoms with Crippen molar-refractivity contribution in [2.45, 2.75) is 44.9 Å². The quantitative estimate of drug-likeness (QED) is 0.738. The Hall–Kier alpha value is -0.650. The van der Waals surface area contributed by atoms with Crippen LogP contribution in [0.4, 0.5) is 0 Å². The molecular weight excluding hydrogens is 220 g/mol. The van der Waals surface area contributed by atoms with Crippen molar-refractivity contribution in [2.75, 3.05) is 20.2 Å². The van der Waals surface area contributed by atoms with Crippen LogP contribution in [-0.2, 0) is 9.53 Å². The van der Waals surface area contributed by atoms with E-state index in [1.165, 1.54) is 0 Å². The van der Waals surface area contributed by atoms with Gasteiger partial charge < -0.3 is 15.6 Å². The number of aliphatic carboxylic acids is 1. The summed E-state index contributed by atoms with van der Waals surface area (Å²) in [6.45, 7) is 5.13. The molecule has 1 rings (SSSR count). The summed E-state index contributed by atoms with van der Waals surface area (Å²) in [5.41, 5.74) is 5.78. The first-order valence-corrected chi connectivity index (χ1v) is 6.22. The lowest BCUT2D eigenvalue weighted by atomic mass is 9.93. The SMILES string of the molecule is COC1CCN(C(C)C(C)C(=O)O)C(CN)C1. The summed E-state index contributed by atoms with van der Waals surface area (Å²) in [6, 6.07) is 0.240. The standard InChI is InChI=1S/C12H24N2O3/c1-8(12(15)16)9(2)14-5-4-11(17-3)6-10(14)7-13/h8-11H,4-7,13H2,1-3H3,(H,15,16). The van der Waals surface area contributed by atoms with E-state index in [1.807, 2.05) is 6.92 Å². The van der Waals surface area contributed by atoms with Crippen molar-refractivity contribution in [2.24, 2.45) is 11.7 Å². The van der Waals surface area contributed by atoms with E-state index < -0.39 is 5.97 Å². The zero-order valence-corrected chi connectivity index (χ0v) is 10.9. The Morgan fingerprint density at radius 1 is 1.59 bits per heavy atom. The van der Waals surface area contributed by atoms with Crippen molar-refractivity contribution in [3.05, 3.63) is 0 Å². The number of carboxylic acids is 1. The highest BCUT2D eigenvalue weighted by atomic mass is 16.5. The minimum atomic E-state index is -0.748. The Labute approximate surface area is 103 Å². The maximum atomic E-state index is 11.0. The molecule has 17 heavy (non-hydrogen) atoms. The molecule has 5 nitrogen and oxygen atoms in total. The van der Waals surface area contributed by atoms with E-state index in [-0.39, 0.29) is 24.1 Å². The van der Waals surface area contributed by atoms with Gasteiger partial charge in [0.1, 0.15) is 0 Å². The van der Waals surface area contributed by atoms with Gasteiger partial charge in [0.05, 0.1) is 12.0 Å². The molecule has 3 N–H and O–H groups in total. The molecule has 0 bridgehead atoms. The van der Waals surface area contributed by atoms with Gasteiger partial charge in [0.15, 0.2) is 0 Å². The van der Waals surface area contributed by atoms with E-state index in [9.17, 15) is 4.79 Å². The smallest absolute Gasteiger partial charge is 0.307 e. The van der Waals surface area contributed by atoms with E-state index in [1.54, 1.807) is 14.0 Å². The minimum Gasteiger partial charge on any atom is -0.481 e. The molecule has 4 atom stereocenters. The fourth-order valence-corrected chi connectivity index (χ4v) is 2.51. The number of methoxy groups -OCH3 is 1. The number of nitrogens with two attached hydrogens (primary N) is 1. The van der Waals surface area contributed by atoms with Crippen molar-refractivity contribution in [1.29, 1.82) is 0 Å². The molecule has 0 saturated carbocycles. The van der Waals surface area contributed by atoms with Gasteiger partial charge in [-0.05, 0) is 19.8 Å². The highest BCUT2D eigenvalue weighted by Gasteiger charge is 2.34. The van der Waals surface area contributed by atoms with Crippen LogP contribution in [-0.4, -0.2) is 54.4 Å². The van der Waals surface area contributed by atoms with Crippen LogP contribution in [0.2, 0.25) is 0 Å². The Kier molecular flexibility index (Phi) is 5.36. The molecule has 1 aliphatic heterocycles. The molecule has 1 saturated heterocycles. The van der Waals surface area contributed by atoms with E-state index in [4.69, 9.17) is 15.6 Å². The summed E-state index contributed by atoms with van der Waals surface area (Å²) in [6.07, 6.45) is 2.10. The number of carboxylic acid groups (broad SMARTS) is 1. The predicted molar refractivity (Wildman–Crippen MR) is 65.8 cm³/mol. The van der Waals surface area contributed by atoms with Gasteiger partial charge >= 0.3 is 5.97 Å². The lowest BCUT2D eigenvalue weighted by molar-refractivity contribution is -0.144. The molecule has 0 aliphatic carbocycles. The highest BCUT2D eigenvalue weighted by Crippen LogP contribution is 2.24. The van der Waals surface area contributed by atoms with Crippen LogP contribution in [0.1, 0.15) is 26.7 Å². The molecule has 0 radical (unpaired) electrons. The molecule has 1 heterocycles. The minimum absolute atomic E-state index is 0.0128. The number of likely N-dealkylation sites (tertiary alicyclic amines) is 1. The fraction of sp³-hybridized carbons (Fsp3) is 0.917. The van der Waals surface area contributed by atoms with Crippen LogP contribution in [0.15, 0.2) is 0 Å². The first kappa shape index (κ1) is 14.4. The van der Waals surface area contributed by atoms with Crippen molar-refractivity contribution in [3.63, 3.8) is 0 Å². The summed E-state index contributed by atoms with van der Waals surface area (Å²) in [4.78, 5) is 13.2. The van der Waals surface area contributed by atoms with E-state index in [2.05, 4.69) is 4.90 Å². The van der Waals surface area contributed by atoms with Crippen molar-refractivity contribution >= 4 is 5.97 Å². The van der Waals surface area contributed by atoms with Gasteiger partial charge in [-0.2, -0.15) is 0 Å². The number of ether oxygens (including phenoxy) is 1. The number of nitrogens with zero attached hydrogens (tertiary/aromatic N) is 1. The van der Waals surface area contributed by atoms with Crippen molar-refractivity contribution < 1.29 is 14.6 Å². The first-order chi connectivity index (χ1) is 8.01. The Balaban J connectivity index is 2.66. The lowest BCUT2D eigenvalue weighted by Crippen LogP contribution is -2.54. The summed E-state index contributed by atoms with van der Waals surface area (Å²) in [7, 11) is 1.72. The summed E-state index contributed by atoms with van der Waals surface area (Å²) in [5.74, 6) is -1.12. The van der Waals surface area contributed by atoms with Crippen LogP contribution in [0.5, 0.6) is 0 Å². The number of hydrogen-bond acceptors (Lipinski definition) is 4. The number of carbonyl (C=O) groups is 1. The van der Waals surface area contributed by atoms with E-state index >= 15 is 0 Å². The number of piperidine rings is 1. The molecule has 0 spiro atoms. The molecule has 0 aromatic heterocycles. The molecular formula is C12H24N2O3. The largest absolute Gasteiger partial charge is 0.481 e. The van der Waals surface area contributed by atoms with Gasteiger partial charge in [-0.3, -0.25) is 9.69 Å². The average Bonchev–Trinajstić information content (AvgIpc) is 2.35. The average molecular weight is 244 g/mol. The van der Waals surface area contributed by atoms with Crippen LogP contribution in [0, 0.1) is 5.92 Å². The molecule has 1 aliphatic rings. The molecule has 0 aromatic carbocycles. The Bertz CT molecular complexity index is 260.